The summed E-state index contributed by atoms with van der Waals surface area (Å²) in [6.07, 6.45) is 0. The zero-order valence-corrected chi connectivity index (χ0v) is 16.0. The van der Waals surface area contributed by atoms with Crippen molar-refractivity contribution < 1.29 is 9.53 Å². The second-order valence-corrected chi connectivity index (χ2v) is 6.78. The van der Waals surface area contributed by atoms with Gasteiger partial charge in [-0.15, -0.1) is 0 Å². The van der Waals surface area contributed by atoms with Crippen molar-refractivity contribution in [3.63, 3.8) is 0 Å². The maximum atomic E-state index is 12.2. The van der Waals surface area contributed by atoms with E-state index >= 15 is 0 Å². The fourth-order valence-electron chi connectivity index (χ4n) is 2.75. The molecule has 25 heavy (non-hydrogen) atoms. The van der Waals surface area contributed by atoms with Crippen molar-refractivity contribution >= 4 is 11.7 Å². The highest BCUT2D eigenvalue weighted by Gasteiger charge is 2.11. The lowest BCUT2D eigenvalue weighted by molar-refractivity contribution is 0.236. The van der Waals surface area contributed by atoms with Crippen LogP contribution in [0.3, 0.4) is 0 Å². The molecular formula is C21H28N2O2. The lowest BCUT2D eigenvalue weighted by atomic mass is 10.1. The number of carbonyl (C=O) groups is 1. The minimum Gasteiger partial charge on any atom is -0.491 e. The van der Waals surface area contributed by atoms with Gasteiger partial charge in [0, 0.05) is 5.69 Å². The van der Waals surface area contributed by atoms with Gasteiger partial charge in [-0.05, 0) is 75.4 Å². The normalized spacial score (nSPS) is 11.8. The van der Waals surface area contributed by atoms with E-state index in [1.165, 1.54) is 5.56 Å². The van der Waals surface area contributed by atoms with Crippen LogP contribution in [0.15, 0.2) is 30.3 Å². The van der Waals surface area contributed by atoms with Crippen LogP contribution >= 0.6 is 0 Å². The molecule has 0 saturated carbocycles. The Balaban J connectivity index is 1.91. The van der Waals surface area contributed by atoms with E-state index in [1.54, 1.807) is 0 Å². The van der Waals surface area contributed by atoms with Crippen LogP contribution in [0.2, 0.25) is 0 Å². The van der Waals surface area contributed by atoms with Gasteiger partial charge >= 0.3 is 6.03 Å². The fraction of sp³-hybridized carbons (Fsp3) is 0.381. The van der Waals surface area contributed by atoms with E-state index < -0.39 is 0 Å². The first-order valence-electron chi connectivity index (χ1n) is 8.62. The Morgan fingerprint density at radius 2 is 1.56 bits per heavy atom. The summed E-state index contributed by atoms with van der Waals surface area (Å²) in [5.41, 5.74) is 6.47. The lowest BCUT2D eigenvalue weighted by Gasteiger charge is -2.18. The third-order valence-electron chi connectivity index (χ3n) is 4.35. The molecule has 2 N–H and O–H groups in total. The summed E-state index contributed by atoms with van der Waals surface area (Å²) in [7, 11) is 0. The van der Waals surface area contributed by atoms with Crippen molar-refractivity contribution in [1.29, 1.82) is 0 Å². The molecule has 0 aromatic heterocycles. The second-order valence-electron chi connectivity index (χ2n) is 6.78. The minimum atomic E-state index is -0.219. The Labute approximate surface area is 150 Å². The van der Waals surface area contributed by atoms with Gasteiger partial charge in [-0.2, -0.15) is 0 Å². The minimum absolute atomic E-state index is 0.106. The van der Waals surface area contributed by atoms with E-state index in [1.807, 2.05) is 58.9 Å². The van der Waals surface area contributed by atoms with E-state index in [2.05, 4.69) is 23.6 Å². The van der Waals surface area contributed by atoms with E-state index in [0.29, 0.717) is 6.61 Å². The smallest absolute Gasteiger partial charge is 0.319 e. The number of nitrogens with one attached hydrogen (secondary N) is 2. The van der Waals surface area contributed by atoms with Crippen LogP contribution < -0.4 is 15.4 Å². The molecule has 2 amide bonds. The molecule has 4 nitrogen and oxygen atoms in total. The average molecular weight is 340 g/mol. The van der Waals surface area contributed by atoms with Gasteiger partial charge in [-0.3, -0.25) is 0 Å². The van der Waals surface area contributed by atoms with Crippen LogP contribution in [0.25, 0.3) is 0 Å². The number of para-hydroxylation sites is 1. The zero-order valence-electron chi connectivity index (χ0n) is 16.0. The molecule has 2 rings (SSSR count). The number of ether oxygens (including phenoxy) is 1. The molecule has 2 aromatic carbocycles. The Morgan fingerprint density at radius 3 is 2.20 bits per heavy atom. The van der Waals surface area contributed by atoms with Crippen molar-refractivity contribution in [2.75, 3.05) is 11.9 Å². The maximum absolute atomic E-state index is 12.2. The van der Waals surface area contributed by atoms with Crippen LogP contribution in [0.5, 0.6) is 5.75 Å². The Bertz CT molecular complexity index is 748. The molecule has 0 aliphatic carbocycles. The maximum Gasteiger partial charge on any atom is 0.319 e. The van der Waals surface area contributed by atoms with Crippen molar-refractivity contribution in [2.45, 2.75) is 47.6 Å². The number of benzene rings is 2. The van der Waals surface area contributed by atoms with Gasteiger partial charge in [0.15, 0.2) is 0 Å². The molecule has 0 saturated heterocycles. The van der Waals surface area contributed by atoms with Crippen LogP contribution in [0.4, 0.5) is 10.5 Å². The van der Waals surface area contributed by atoms with Crippen LogP contribution in [0.1, 0.15) is 34.7 Å². The predicted octanol–water partition coefficient (Wildman–Crippen LogP) is 4.82. The van der Waals surface area contributed by atoms with Gasteiger partial charge in [0.2, 0.25) is 0 Å². The van der Waals surface area contributed by atoms with E-state index in [4.69, 9.17) is 4.74 Å². The van der Waals surface area contributed by atoms with Crippen LogP contribution in [-0.4, -0.2) is 18.7 Å². The SMILES string of the molecule is Cc1cc(C)c(NC(=O)NC(C)COc2c(C)cccc2C)cc1C. The molecule has 0 aliphatic rings. The van der Waals surface area contributed by atoms with Gasteiger partial charge in [0.1, 0.15) is 12.4 Å². The van der Waals surface area contributed by atoms with Crippen LogP contribution in [0, 0.1) is 34.6 Å². The Morgan fingerprint density at radius 1 is 0.960 bits per heavy atom. The highest BCUT2D eigenvalue weighted by atomic mass is 16.5. The first kappa shape index (κ1) is 18.8. The van der Waals surface area contributed by atoms with Crippen molar-refractivity contribution in [3.8, 4) is 5.75 Å². The summed E-state index contributed by atoms with van der Waals surface area (Å²) < 4.78 is 5.90. The molecule has 134 valence electrons. The first-order chi connectivity index (χ1) is 11.8. The van der Waals surface area contributed by atoms with E-state index in [9.17, 15) is 4.79 Å². The number of hydrogen-bond acceptors (Lipinski definition) is 2. The Hall–Kier alpha value is -2.49. The number of amides is 2. The van der Waals surface area contributed by atoms with Crippen molar-refractivity contribution in [2.24, 2.45) is 0 Å². The summed E-state index contributed by atoms with van der Waals surface area (Å²) in [4.78, 5) is 12.2. The quantitative estimate of drug-likeness (QED) is 0.820. The lowest BCUT2D eigenvalue weighted by Crippen LogP contribution is -2.39. The highest BCUT2D eigenvalue weighted by molar-refractivity contribution is 5.90. The molecule has 0 bridgehead atoms. The summed E-state index contributed by atoms with van der Waals surface area (Å²) in [5.74, 6) is 0.890. The second kappa shape index (κ2) is 8.06. The third kappa shape index (κ3) is 4.99. The topological polar surface area (TPSA) is 50.4 Å². The molecule has 1 atom stereocenters. The monoisotopic (exact) mass is 340 g/mol. The predicted molar refractivity (Wildman–Crippen MR) is 104 cm³/mol. The number of rotatable bonds is 5. The summed E-state index contributed by atoms with van der Waals surface area (Å²) in [6.45, 7) is 12.5. The van der Waals surface area contributed by atoms with Crippen molar-refractivity contribution in [1.82, 2.24) is 5.32 Å². The molecule has 0 aliphatic heterocycles. The number of aryl methyl sites for hydroxylation is 5. The van der Waals surface area contributed by atoms with Crippen molar-refractivity contribution in [3.05, 3.63) is 58.1 Å². The highest BCUT2D eigenvalue weighted by Crippen LogP contribution is 2.22. The largest absolute Gasteiger partial charge is 0.491 e. The summed E-state index contributed by atoms with van der Waals surface area (Å²) in [6, 6.07) is 9.82. The summed E-state index contributed by atoms with van der Waals surface area (Å²) >= 11 is 0. The zero-order chi connectivity index (χ0) is 18.6. The Kier molecular flexibility index (Phi) is 6.07. The molecular weight excluding hydrogens is 312 g/mol. The van der Waals surface area contributed by atoms with E-state index in [0.717, 1.165) is 33.7 Å². The number of carbonyl (C=O) groups excluding carboxylic acids is 1. The molecule has 0 spiro atoms. The van der Waals surface area contributed by atoms with Gasteiger partial charge in [-0.25, -0.2) is 4.79 Å². The average Bonchev–Trinajstić information content (AvgIpc) is 2.52. The van der Waals surface area contributed by atoms with E-state index in [-0.39, 0.29) is 12.1 Å². The molecule has 1 unspecified atom stereocenters. The molecule has 0 heterocycles. The number of hydrogen-bond donors (Lipinski definition) is 2. The van der Waals surface area contributed by atoms with Crippen LogP contribution in [-0.2, 0) is 0 Å². The van der Waals surface area contributed by atoms with Gasteiger partial charge in [0.25, 0.3) is 0 Å². The number of urea groups is 1. The fourth-order valence-corrected chi connectivity index (χ4v) is 2.75. The van der Waals surface area contributed by atoms with Gasteiger partial charge in [-0.1, -0.05) is 24.3 Å². The number of anilines is 1. The molecule has 2 aromatic rings. The first-order valence-corrected chi connectivity index (χ1v) is 8.62. The van der Waals surface area contributed by atoms with Gasteiger partial charge in [0.05, 0.1) is 6.04 Å². The van der Waals surface area contributed by atoms with Gasteiger partial charge < -0.3 is 15.4 Å². The molecule has 4 heteroatoms. The summed E-state index contributed by atoms with van der Waals surface area (Å²) in [5, 5.41) is 5.85. The third-order valence-corrected chi connectivity index (χ3v) is 4.35. The molecule has 0 fully saturated rings. The standard InChI is InChI=1S/C21H28N2O2/c1-13-8-7-9-14(2)20(13)25-12-18(6)22-21(24)23-19-11-16(4)15(3)10-17(19)5/h7-11,18H,12H2,1-6H3,(H2,22,23,24). The molecule has 0 radical (unpaired) electrons.